The largest absolute Gasteiger partial charge is 0.494 e. The third-order valence-corrected chi connectivity index (χ3v) is 7.27. The molecule has 1 fully saturated rings. The third kappa shape index (κ3) is 3.83. The maximum absolute atomic E-state index is 13.6. The van der Waals surface area contributed by atoms with E-state index in [2.05, 4.69) is 4.74 Å². The molecule has 3 aromatic rings. The fraction of sp³-hybridized carbons (Fsp3) is 0.333. The summed E-state index contributed by atoms with van der Waals surface area (Å²) in [4.78, 5) is 11.6. The molecule has 198 valence electrons. The molecule has 3 heterocycles. The first-order valence-electron chi connectivity index (χ1n) is 11.7. The number of esters is 1. The third-order valence-electron chi connectivity index (χ3n) is 7.27. The van der Waals surface area contributed by atoms with E-state index >= 15 is 0 Å². The predicted molar refractivity (Wildman–Crippen MR) is 126 cm³/mol. The maximum Gasteiger partial charge on any atom is 0.417 e. The molecule has 5 rings (SSSR count). The molecular weight excluding hydrogens is 505 g/mol. The molecule has 0 unspecified atom stereocenters. The summed E-state index contributed by atoms with van der Waals surface area (Å²) in [6.45, 7) is 1.92. The molecule has 1 saturated heterocycles. The summed E-state index contributed by atoms with van der Waals surface area (Å²) in [5.41, 5.74) is -2.85. The van der Waals surface area contributed by atoms with Crippen molar-refractivity contribution in [2.45, 2.75) is 43.6 Å². The van der Waals surface area contributed by atoms with Crippen molar-refractivity contribution in [1.29, 1.82) is 5.26 Å². The van der Waals surface area contributed by atoms with Gasteiger partial charge in [0.25, 0.3) is 0 Å². The number of nitriles is 1. The summed E-state index contributed by atoms with van der Waals surface area (Å²) in [6.07, 6.45) is -3.50. The Kier molecular flexibility index (Phi) is 5.83. The van der Waals surface area contributed by atoms with Gasteiger partial charge in [0.15, 0.2) is 0 Å². The van der Waals surface area contributed by atoms with Gasteiger partial charge in [-0.2, -0.15) is 18.4 Å². The van der Waals surface area contributed by atoms with Crippen LogP contribution in [-0.4, -0.2) is 34.5 Å². The first-order valence-corrected chi connectivity index (χ1v) is 11.7. The Morgan fingerprint density at radius 2 is 1.82 bits per heavy atom. The van der Waals surface area contributed by atoms with Crippen LogP contribution in [0, 0.1) is 11.3 Å². The summed E-state index contributed by atoms with van der Waals surface area (Å²) in [5, 5.41) is 31.4. The second kappa shape index (κ2) is 8.70. The Labute approximate surface area is 215 Å². The van der Waals surface area contributed by atoms with Crippen molar-refractivity contribution in [3.63, 3.8) is 0 Å². The lowest BCUT2D eigenvalue weighted by atomic mass is 9.78. The summed E-state index contributed by atoms with van der Waals surface area (Å²) in [6, 6.07) is 10.9. The van der Waals surface area contributed by atoms with Gasteiger partial charge in [-0.05, 0) is 62.2 Å². The topological polar surface area (TPSA) is 114 Å². The zero-order chi connectivity index (χ0) is 27.5. The normalized spacial score (nSPS) is 21.7. The SMILES string of the molecule is COC(=O)c1ccc(OCC[C@@]23CC[C@@](C)(O2)c2c3c(O)n(-c3ccc(C#N)c(C(F)(F)F)c3)c2O)cc1. The molecule has 8 nitrogen and oxygen atoms in total. The van der Waals surface area contributed by atoms with Crippen LogP contribution in [0.3, 0.4) is 0 Å². The standard InChI is InChI=1S/C27H23F3N2O6/c1-25-9-10-26(38-25,11-12-37-18-7-4-15(5-8-18)24(35)36-2)21-20(25)22(33)32(23(21)34)17-6-3-16(14-31)19(13-17)27(28,29)30/h3-8,13,33-34H,9-12H2,1-2H3/t25-,26-/m1/s1. The zero-order valence-electron chi connectivity index (χ0n) is 20.4. The lowest BCUT2D eigenvalue weighted by Gasteiger charge is -2.26. The minimum absolute atomic E-state index is 0.138. The van der Waals surface area contributed by atoms with Gasteiger partial charge in [-0.15, -0.1) is 0 Å². The minimum Gasteiger partial charge on any atom is -0.494 e. The Hall–Kier alpha value is -4.17. The number of rotatable bonds is 6. The number of hydrogen-bond acceptors (Lipinski definition) is 7. The number of fused-ring (bicyclic) bond motifs is 5. The molecule has 2 aliphatic heterocycles. The first kappa shape index (κ1) is 25.5. The van der Waals surface area contributed by atoms with Crippen molar-refractivity contribution in [2.24, 2.45) is 0 Å². The minimum atomic E-state index is -4.80. The molecule has 2 aromatic carbocycles. The van der Waals surface area contributed by atoms with E-state index in [0.717, 1.165) is 16.7 Å². The first-order chi connectivity index (χ1) is 17.9. The molecule has 2 N–H and O–H groups in total. The van der Waals surface area contributed by atoms with Gasteiger partial charge in [-0.3, -0.25) is 4.57 Å². The number of aromatic nitrogens is 1. The van der Waals surface area contributed by atoms with E-state index in [1.54, 1.807) is 31.2 Å². The second-order valence-electron chi connectivity index (χ2n) is 9.51. The van der Waals surface area contributed by atoms with E-state index in [9.17, 15) is 28.2 Å². The molecule has 2 atom stereocenters. The van der Waals surface area contributed by atoms with E-state index < -0.39 is 46.2 Å². The smallest absolute Gasteiger partial charge is 0.417 e. The highest BCUT2D eigenvalue weighted by Gasteiger charge is 2.61. The number of halogens is 3. The maximum atomic E-state index is 13.6. The number of methoxy groups -OCH3 is 1. The lowest BCUT2D eigenvalue weighted by molar-refractivity contribution is -0.137. The van der Waals surface area contributed by atoms with E-state index in [1.165, 1.54) is 19.2 Å². The Bertz CT molecular complexity index is 1470. The van der Waals surface area contributed by atoms with E-state index in [-0.39, 0.29) is 18.7 Å². The van der Waals surface area contributed by atoms with Crippen molar-refractivity contribution < 1.29 is 42.4 Å². The number of carbonyl (C=O) groups is 1. The van der Waals surface area contributed by atoms with E-state index in [0.29, 0.717) is 35.3 Å². The Balaban J connectivity index is 1.46. The number of hydrogen-bond donors (Lipinski definition) is 2. The molecule has 0 spiro atoms. The number of aromatic hydroxyl groups is 2. The lowest BCUT2D eigenvalue weighted by Crippen LogP contribution is -2.25. The Morgan fingerprint density at radius 1 is 1.13 bits per heavy atom. The number of alkyl halides is 3. The van der Waals surface area contributed by atoms with Gasteiger partial charge in [0.2, 0.25) is 11.8 Å². The molecule has 1 aromatic heterocycles. The highest BCUT2D eigenvalue weighted by atomic mass is 19.4. The van der Waals surface area contributed by atoms with Gasteiger partial charge < -0.3 is 24.4 Å². The average molecular weight is 528 g/mol. The van der Waals surface area contributed by atoms with Crippen molar-refractivity contribution in [1.82, 2.24) is 4.57 Å². The molecule has 0 aliphatic carbocycles. The van der Waals surface area contributed by atoms with Crippen LogP contribution in [-0.2, 0) is 26.9 Å². The van der Waals surface area contributed by atoms with Crippen molar-refractivity contribution in [3.05, 3.63) is 70.3 Å². The van der Waals surface area contributed by atoms with Crippen molar-refractivity contribution in [3.8, 4) is 29.3 Å². The molecule has 11 heteroatoms. The molecule has 0 radical (unpaired) electrons. The molecule has 0 amide bonds. The average Bonchev–Trinajstić information content (AvgIpc) is 3.47. The van der Waals surface area contributed by atoms with Gasteiger partial charge >= 0.3 is 12.1 Å². The van der Waals surface area contributed by atoms with Crippen LogP contribution < -0.4 is 4.74 Å². The molecule has 38 heavy (non-hydrogen) atoms. The summed E-state index contributed by atoms with van der Waals surface area (Å²) in [5.74, 6) is -0.827. The van der Waals surface area contributed by atoms with Crippen molar-refractivity contribution >= 4 is 5.97 Å². The Morgan fingerprint density at radius 3 is 2.45 bits per heavy atom. The zero-order valence-corrected chi connectivity index (χ0v) is 20.4. The quantitative estimate of drug-likeness (QED) is 0.419. The van der Waals surface area contributed by atoms with Crippen molar-refractivity contribution in [2.75, 3.05) is 13.7 Å². The van der Waals surface area contributed by atoms with Crippen LogP contribution >= 0.6 is 0 Å². The number of carbonyl (C=O) groups excluding carboxylic acids is 1. The fourth-order valence-corrected chi connectivity index (χ4v) is 5.49. The molecular formula is C27H23F3N2O6. The van der Waals surface area contributed by atoms with Gasteiger partial charge in [-0.25, -0.2) is 4.79 Å². The predicted octanol–water partition coefficient (Wildman–Crippen LogP) is 5.27. The van der Waals surface area contributed by atoms with Crippen LogP contribution in [0.25, 0.3) is 5.69 Å². The van der Waals surface area contributed by atoms with Gasteiger partial charge in [0.1, 0.15) is 11.4 Å². The molecule has 0 saturated carbocycles. The summed E-state index contributed by atoms with van der Waals surface area (Å²) >= 11 is 0. The highest BCUT2D eigenvalue weighted by molar-refractivity contribution is 5.89. The van der Waals surface area contributed by atoms with Crippen LogP contribution in [0.2, 0.25) is 0 Å². The monoisotopic (exact) mass is 528 g/mol. The number of ether oxygens (including phenoxy) is 3. The van der Waals surface area contributed by atoms with Crippen LogP contribution in [0.5, 0.6) is 17.5 Å². The van der Waals surface area contributed by atoms with Gasteiger partial charge in [0, 0.05) is 6.42 Å². The number of nitrogens with zero attached hydrogens (tertiary/aromatic N) is 2. The highest BCUT2D eigenvalue weighted by Crippen LogP contribution is 2.65. The van der Waals surface area contributed by atoms with E-state index in [1.807, 2.05) is 0 Å². The summed E-state index contributed by atoms with van der Waals surface area (Å²) < 4.78 is 58.5. The van der Waals surface area contributed by atoms with Gasteiger partial charge in [0.05, 0.1) is 58.9 Å². The fourth-order valence-electron chi connectivity index (χ4n) is 5.49. The second-order valence-corrected chi connectivity index (χ2v) is 9.51. The van der Waals surface area contributed by atoms with Crippen LogP contribution in [0.15, 0.2) is 42.5 Å². The molecule has 2 bridgehead atoms. The number of benzene rings is 2. The van der Waals surface area contributed by atoms with Crippen LogP contribution in [0.4, 0.5) is 13.2 Å². The van der Waals surface area contributed by atoms with Crippen LogP contribution in [0.1, 0.15) is 58.8 Å². The van der Waals surface area contributed by atoms with Gasteiger partial charge in [-0.1, -0.05) is 0 Å². The molecule has 2 aliphatic rings. The van der Waals surface area contributed by atoms with E-state index in [4.69, 9.17) is 14.7 Å². The summed E-state index contributed by atoms with van der Waals surface area (Å²) in [7, 11) is 1.29.